The third-order valence-electron chi connectivity index (χ3n) is 7.39. The summed E-state index contributed by atoms with van der Waals surface area (Å²) in [6.45, 7) is 4.71. The van der Waals surface area contributed by atoms with Gasteiger partial charge in [0.05, 0.1) is 19.0 Å². The van der Waals surface area contributed by atoms with Gasteiger partial charge >= 0.3 is 0 Å². The summed E-state index contributed by atoms with van der Waals surface area (Å²) in [5, 5.41) is 6.82. The highest BCUT2D eigenvalue weighted by atomic mass is 32.1. The van der Waals surface area contributed by atoms with Gasteiger partial charge in [-0.3, -0.25) is 4.79 Å². The van der Waals surface area contributed by atoms with Gasteiger partial charge in [0, 0.05) is 21.3 Å². The fourth-order valence-electron chi connectivity index (χ4n) is 5.44. The van der Waals surface area contributed by atoms with E-state index < -0.39 is 0 Å². The van der Waals surface area contributed by atoms with Crippen molar-refractivity contribution < 1.29 is 4.74 Å². The number of thiophene rings is 1. The lowest BCUT2D eigenvalue weighted by Crippen LogP contribution is -2.26. The molecule has 0 radical (unpaired) electrons. The van der Waals surface area contributed by atoms with E-state index in [-0.39, 0.29) is 5.56 Å². The Hall–Kier alpha value is -2.63. The fraction of sp³-hybridized carbons (Fsp3) is 0.414. The van der Waals surface area contributed by atoms with E-state index in [1.54, 1.807) is 18.4 Å². The van der Waals surface area contributed by atoms with Crippen LogP contribution < -0.4 is 15.6 Å². The molecule has 2 aromatic carbocycles. The number of aromatic nitrogens is 1. The van der Waals surface area contributed by atoms with E-state index in [1.807, 2.05) is 29.0 Å². The molecule has 178 valence electrons. The zero-order chi connectivity index (χ0) is 23.5. The first-order valence-electron chi connectivity index (χ1n) is 12.5. The second kappa shape index (κ2) is 10.3. The van der Waals surface area contributed by atoms with Gasteiger partial charge in [-0.2, -0.15) is 0 Å². The van der Waals surface area contributed by atoms with Crippen molar-refractivity contribution in [1.82, 2.24) is 9.88 Å². The monoisotopic (exact) mass is 474 g/mol. The maximum atomic E-state index is 13.6. The normalized spacial score (nSPS) is 14.8. The molecule has 5 heteroatoms. The van der Waals surface area contributed by atoms with Crippen LogP contribution in [0.1, 0.15) is 48.1 Å². The maximum Gasteiger partial charge on any atom is 0.259 e. The van der Waals surface area contributed by atoms with E-state index in [0.29, 0.717) is 6.54 Å². The van der Waals surface area contributed by atoms with Gasteiger partial charge in [0.2, 0.25) is 0 Å². The minimum atomic E-state index is 0.0858. The third kappa shape index (κ3) is 4.64. The van der Waals surface area contributed by atoms with E-state index >= 15 is 0 Å². The number of methoxy groups -OCH3 is 1. The summed E-state index contributed by atoms with van der Waals surface area (Å²) in [6, 6.07) is 14.4. The molecule has 2 aromatic heterocycles. The number of hydrogen-bond acceptors (Lipinski definition) is 4. The molecule has 1 saturated carbocycles. The number of benzene rings is 2. The highest BCUT2D eigenvalue weighted by Gasteiger charge is 2.16. The SMILES string of the molecule is COc1ccc2ccccc2c1Cn1ccc2sc(CCNCC3CCCCC3)c(C)c2c1=O. The molecule has 0 unspecified atom stereocenters. The molecule has 0 saturated heterocycles. The van der Waals surface area contributed by atoms with Crippen LogP contribution in [0.4, 0.5) is 0 Å². The zero-order valence-electron chi connectivity index (χ0n) is 20.2. The van der Waals surface area contributed by atoms with Gasteiger partial charge < -0.3 is 14.6 Å². The standard InChI is InChI=1S/C29H34N2O2S/c1-20-26(14-16-30-18-21-8-4-3-5-9-21)34-27-15-17-31(29(32)28(20)27)19-24-23-11-7-6-10-22(23)12-13-25(24)33-2/h6-7,10-13,15,17,21,30H,3-5,8-9,14,16,18-19H2,1-2H3. The van der Waals surface area contributed by atoms with Crippen molar-refractivity contribution in [2.24, 2.45) is 5.92 Å². The molecule has 0 bridgehead atoms. The smallest absolute Gasteiger partial charge is 0.259 e. The van der Waals surface area contributed by atoms with Crippen LogP contribution in [0.2, 0.25) is 0 Å². The molecule has 0 aliphatic heterocycles. The van der Waals surface area contributed by atoms with Crippen LogP contribution in [0, 0.1) is 12.8 Å². The Morgan fingerprint density at radius 1 is 1.09 bits per heavy atom. The van der Waals surface area contributed by atoms with E-state index in [1.165, 1.54) is 37.0 Å². The number of nitrogens with one attached hydrogen (secondary N) is 1. The molecule has 34 heavy (non-hydrogen) atoms. The molecule has 0 spiro atoms. The van der Waals surface area contributed by atoms with Crippen molar-refractivity contribution in [3.8, 4) is 5.75 Å². The molecule has 2 heterocycles. The number of pyridine rings is 1. The summed E-state index contributed by atoms with van der Waals surface area (Å²) < 4.78 is 8.58. The van der Waals surface area contributed by atoms with Crippen LogP contribution in [-0.2, 0) is 13.0 Å². The van der Waals surface area contributed by atoms with Gasteiger partial charge in [-0.1, -0.05) is 49.6 Å². The Morgan fingerprint density at radius 3 is 2.74 bits per heavy atom. The molecule has 0 amide bonds. The van der Waals surface area contributed by atoms with Gasteiger partial charge in [0.15, 0.2) is 0 Å². The molecular weight excluding hydrogens is 440 g/mol. The lowest BCUT2D eigenvalue weighted by Gasteiger charge is -2.21. The van der Waals surface area contributed by atoms with Crippen molar-refractivity contribution in [2.45, 2.75) is 52.0 Å². The van der Waals surface area contributed by atoms with Crippen LogP contribution in [0.3, 0.4) is 0 Å². The van der Waals surface area contributed by atoms with Gasteiger partial charge in [-0.25, -0.2) is 0 Å². The minimum Gasteiger partial charge on any atom is -0.496 e. The summed E-state index contributed by atoms with van der Waals surface area (Å²) in [5.74, 6) is 1.66. The van der Waals surface area contributed by atoms with Crippen LogP contribution in [-0.4, -0.2) is 24.8 Å². The summed E-state index contributed by atoms with van der Waals surface area (Å²) in [6.07, 6.45) is 9.84. The third-order valence-corrected chi connectivity index (χ3v) is 8.70. The van der Waals surface area contributed by atoms with E-state index in [0.717, 1.165) is 63.2 Å². The van der Waals surface area contributed by atoms with Gasteiger partial charge in [0.25, 0.3) is 5.56 Å². The largest absolute Gasteiger partial charge is 0.496 e. The van der Waals surface area contributed by atoms with E-state index in [2.05, 4.69) is 36.5 Å². The Morgan fingerprint density at radius 2 is 1.91 bits per heavy atom. The zero-order valence-corrected chi connectivity index (χ0v) is 21.0. The van der Waals surface area contributed by atoms with Crippen LogP contribution in [0.25, 0.3) is 20.9 Å². The molecule has 0 atom stereocenters. The first kappa shape index (κ1) is 23.1. The topological polar surface area (TPSA) is 43.3 Å². The fourth-order valence-corrected chi connectivity index (χ4v) is 6.64. The van der Waals surface area contributed by atoms with Crippen molar-refractivity contribution in [1.29, 1.82) is 0 Å². The lowest BCUT2D eigenvalue weighted by atomic mass is 9.89. The van der Waals surface area contributed by atoms with Crippen molar-refractivity contribution in [3.05, 3.63) is 75.0 Å². The Balaban J connectivity index is 1.37. The number of hydrogen-bond donors (Lipinski definition) is 1. The van der Waals surface area contributed by atoms with Gasteiger partial charge in [0.1, 0.15) is 5.75 Å². The minimum absolute atomic E-state index is 0.0858. The lowest BCUT2D eigenvalue weighted by molar-refractivity contribution is 0.343. The molecule has 1 aliphatic rings. The average Bonchev–Trinajstić information content (AvgIpc) is 3.20. The second-order valence-electron chi connectivity index (χ2n) is 9.56. The first-order chi connectivity index (χ1) is 16.7. The maximum absolute atomic E-state index is 13.6. The average molecular weight is 475 g/mol. The first-order valence-corrected chi connectivity index (χ1v) is 13.3. The van der Waals surface area contributed by atoms with E-state index in [9.17, 15) is 4.79 Å². The second-order valence-corrected chi connectivity index (χ2v) is 10.7. The Labute approximate surface area is 205 Å². The quantitative estimate of drug-likeness (QED) is 0.305. The van der Waals surface area contributed by atoms with Crippen LogP contribution in [0.15, 0.2) is 53.5 Å². The number of nitrogens with zero attached hydrogens (tertiary/aromatic N) is 1. The number of fused-ring (bicyclic) bond motifs is 2. The highest BCUT2D eigenvalue weighted by Crippen LogP contribution is 2.31. The molecular formula is C29H34N2O2S. The summed E-state index contributed by atoms with van der Waals surface area (Å²) in [4.78, 5) is 14.9. The van der Waals surface area contributed by atoms with Crippen molar-refractivity contribution >= 4 is 32.2 Å². The van der Waals surface area contributed by atoms with Gasteiger partial charge in [-0.05, 0) is 73.7 Å². The molecule has 5 rings (SSSR count). The van der Waals surface area contributed by atoms with E-state index in [4.69, 9.17) is 4.74 Å². The Kier molecular flexibility index (Phi) is 7.02. The van der Waals surface area contributed by atoms with Crippen LogP contribution >= 0.6 is 11.3 Å². The molecule has 1 fully saturated rings. The highest BCUT2D eigenvalue weighted by molar-refractivity contribution is 7.19. The summed E-state index contributed by atoms with van der Waals surface area (Å²) in [5.41, 5.74) is 2.27. The summed E-state index contributed by atoms with van der Waals surface area (Å²) in [7, 11) is 1.69. The number of ether oxygens (including phenoxy) is 1. The predicted molar refractivity (Wildman–Crippen MR) is 144 cm³/mol. The summed E-state index contributed by atoms with van der Waals surface area (Å²) >= 11 is 1.77. The molecule has 1 aliphatic carbocycles. The van der Waals surface area contributed by atoms with Crippen molar-refractivity contribution in [3.63, 3.8) is 0 Å². The molecule has 4 nitrogen and oxygen atoms in total. The number of aryl methyl sites for hydroxylation is 1. The van der Waals surface area contributed by atoms with Crippen LogP contribution in [0.5, 0.6) is 5.75 Å². The molecule has 4 aromatic rings. The number of rotatable bonds is 8. The Bertz CT molecular complexity index is 1350. The molecule has 1 N–H and O–H groups in total. The van der Waals surface area contributed by atoms with Gasteiger partial charge in [-0.15, -0.1) is 11.3 Å². The predicted octanol–water partition coefficient (Wildman–Crippen LogP) is 6.29. The van der Waals surface area contributed by atoms with Crippen molar-refractivity contribution in [2.75, 3.05) is 20.2 Å².